The van der Waals surface area contributed by atoms with E-state index in [1.807, 2.05) is 23.1 Å². The number of hydrogen-bond donors (Lipinski definition) is 2. The third-order valence-corrected chi connectivity index (χ3v) is 5.03. The molecule has 7 nitrogen and oxygen atoms in total. The van der Waals surface area contributed by atoms with E-state index >= 15 is 0 Å². The highest BCUT2D eigenvalue weighted by molar-refractivity contribution is 5.88. The Hall–Kier alpha value is -3.13. The molecule has 2 aromatic rings. The number of halogens is 1. The van der Waals surface area contributed by atoms with E-state index in [4.69, 9.17) is 9.47 Å². The molecule has 0 saturated carbocycles. The highest BCUT2D eigenvalue weighted by atomic mass is 19.1. The summed E-state index contributed by atoms with van der Waals surface area (Å²) >= 11 is 0. The van der Waals surface area contributed by atoms with Gasteiger partial charge in [-0.3, -0.25) is 14.5 Å². The number of benzene rings is 2. The van der Waals surface area contributed by atoms with Crippen LogP contribution in [-0.2, 0) is 22.7 Å². The molecule has 1 fully saturated rings. The number of methoxy groups -OCH3 is 2. The summed E-state index contributed by atoms with van der Waals surface area (Å²) in [6, 6.07) is 11.1. The number of ether oxygens (including phenoxy) is 2. The average Bonchev–Trinajstić information content (AvgIpc) is 2.74. The molecule has 0 aromatic heterocycles. The molecular formula is C22H26FN3O4. The molecule has 1 atom stereocenters. The molecule has 0 aliphatic carbocycles. The van der Waals surface area contributed by atoms with E-state index in [1.54, 1.807) is 26.4 Å². The Morgan fingerprint density at radius 3 is 2.70 bits per heavy atom. The normalized spacial score (nSPS) is 16.6. The third-order valence-electron chi connectivity index (χ3n) is 5.03. The Morgan fingerprint density at radius 1 is 1.17 bits per heavy atom. The van der Waals surface area contributed by atoms with Crippen molar-refractivity contribution in [2.24, 2.45) is 0 Å². The number of carbonyl (C=O) groups is 2. The van der Waals surface area contributed by atoms with Crippen molar-refractivity contribution >= 4 is 11.8 Å². The molecule has 2 amide bonds. The molecule has 1 aliphatic rings. The zero-order valence-electron chi connectivity index (χ0n) is 17.1. The van der Waals surface area contributed by atoms with Gasteiger partial charge in [-0.05, 0) is 35.4 Å². The van der Waals surface area contributed by atoms with Gasteiger partial charge in [-0.15, -0.1) is 0 Å². The minimum Gasteiger partial charge on any atom is -0.493 e. The van der Waals surface area contributed by atoms with Crippen molar-refractivity contribution in [2.45, 2.75) is 25.6 Å². The van der Waals surface area contributed by atoms with Gasteiger partial charge in [0.2, 0.25) is 11.8 Å². The highest BCUT2D eigenvalue weighted by Crippen LogP contribution is 2.28. The molecule has 3 rings (SSSR count). The van der Waals surface area contributed by atoms with Crippen LogP contribution in [0.15, 0.2) is 42.5 Å². The number of nitrogens with one attached hydrogen (secondary N) is 2. The number of rotatable bonds is 8. The molecule has 2 aromatic carbocycles. The summed E-state index contributed by atoms with van der Waals surface area (Å²) in [6.07, 6.45) is 0.0223. The van der Waals surface area contributed by atoms with E-state index < -0.39 is 6.04 Å². The Labute approximate surface area is 175 Å². The molecule has 0 spiro atoms. The molecule has 2 N–H and O–H groups in total. The van der Waals surface area contributed by atoms with Gasteiger partial charge in [0.1, 0.15) is 5.82 Å². The van der Waals surface area contributed by atoms with Crippen molar-refractivity contribution in [3.8, 4) is 11.5 Å². The maximum Gasteiger partial charge on any atom is 0.237 e. The van der Waals surface area contributed by atoms with Crippen LogP contribution in [0.5, 0.6) is 11.5 Å². The van der Waals surface area contributed by atoms with E-state index in [-0.39, 0.29) is 30.6 Å². The van der Waals surface area contributed by atoms with Crippen LogP contribution in [0, 0.1) is 5.82 Å². The van der Waals surface area contributed by atoms with Gasteiger partial charge in [0.15, 0.2) is 11.5 Å². The van der Waals surface area contributed by atoms with Crippen molar-refractivity contribution in [3.63, 3.8) is 0 Å². The smallest absolute Gasteiger partial charge is 0.237 e. The number of piperazine rings is 1. The number of amides is 2. The quantitative estimate of drug-likeness (QED) is 0.688. The Balaban J connectivity index is 1.64. The zero-order valence-corrected chi connectivity index (χ0v) is 17.1. The minimum atomic E-state index is -0.584. The molecule has 1 heterocycles. The van der Waals surface area contributed by atoms with Gasteiger partial charge >= 0.3 is 0 Å². The van der Waals surface area contributed by atoms with E-state index in [2.05, 4.69) is 10.6 Å². The largest absolute Gasteiger partial charge is 0.493 e. The molecule has 160 valence electrons. The summed E-state index contributed by atoms with van der Waals surface area (Å²) in [5.74, 6) is 0.447. The van der Waals surface area contributed by atoms with Crippen LogP contribution >= 0.6 is 0 Å². The van der Waals surface area contributed by atoms with Crippen LogP contribution in [0.2, 0.25) is 0 Å². The van der Waals surface area contributed by atoms with Gasteiger partial charge in [-0.1, -0.05) is 18.2 Å². The van der Waals surface area contributed by atoms with Crippen LogP contribution in [0.3, 0.4) is 0 Å². The lowest BCUT2D eigenvalue weighted by atomic mass is 10.1. The van der Waals surface area contributed by atoms with E-state index in [0.717, 1.165) is 5.56 Å². The first-order valence-electron chi connectivity index (χ1n) is 9.74. The van der Waals surface area contributed by atoms with Gasteiger partial charge in [0.25, 0.3) is 0 Å². The van der Waals surface area contributed by atoms with E-state index in [0.29, 0.717) is 36.7 Å². The lowest BCUT2D eigenvalue weighted by Crippen LogP contribution is -2.56. The molecule has 1 aliphatic heterocycles. The summed E-state index contributed by atoms with van der Waals surface area (Å²) in [4.78, 5) is 26.9. The lowest BCUT2D eigenvalue weighted by molar-refractivity contribution is -0.134. The minimum absolute atomic E-state index is 0.0223. The lowest BCUT2D eigenvalue weighted by Gasteiger charge is -2.34. The van der Waals surface area contributed by atoms with Crippen molar-refractivity contribution < 1.29 is 23.5 Å². The van der Waals surface area contributed by atoms with Gasteiger partial charge in [-0.2, -0.15) is 0 Å². The standard InChI is InChI=1S/C22H26FN3O4/c1-29-19-7-6-16(11-20(19)30-2)14-26-9-8-24-22(28)18(26)12-21(27)25-13-15-4-3-5-17(23)10-15/h3-7,10-11,18H,8-9,12-14H2,1-2H3,(H,24,28)(H,25,27)/t18-/m0/s1. The van der Waals surface area contributed by atoms with Crippen LogP contribution in [0.25, 0.3) is 0 Å². The first kappa shape index (κ1) is 21.6. The van der Waals surface area contributed by atoms with Crippen molar-refractivity contribution in [1.29, 1.82) is 0 Å². The van der Waals surface area contributed by atoms with Crippen LogP contribution < -0.4 is 20.1 Å². The summed E-state index contributed by atoms with van der Waals surface area (Å²) in [5, 5.41) is 5.58. The van der Waals surface area contributed by atoms with Crippen molar-refractivity contribution in [1.82, 2.24) is 15.5 Å². The molecular weight excluding hydrogens is 389 g/mol. The maximum absolute atomic E-state index is 13.3. The fraction of sp³-hybridized carbons (Fsp3) is 0.364. The van der Waals surface area contributed by atoms with Crippen LogP contribution in [0.4, 0.5) is 4.39 Å². The van der Waals surface area contributed by atoms with Gasteiger partial charge in [-0.25, -0.2) is 4.39 Å². The second kappa shape index (κ2) is 10.1. The number of carbonyl (C=O) groups excluding carboxylic acids is 2. The topological polar surface area (TPSA) is 79.9 Å². The summed E-state index contributed by atoms with van der Waals surface area (Å²) in [6.45, 7) is 1.85. The maximum atomic E-state index is 13.3. The zero-order chi connectivity index (χ0) is 21.5. The van der Waals surface area contributed by atoms with Crippen molar-refractivity contribution in [3.05, 3.63) is 59.4 Å². The van der Waals surface area contributed by atoms with Crippen molar-refractivity contribution in [2.75, 3.05) is 27.3 Å². The second-order valence-electron chi connectivity index (χ2n) is 7.08. The first-order chi connectivity index (χ1) is 14.5. The number of nitrogens with zero attached hydrogens (tertiary/aromatic N) is 1. The Bertz CT molecular complexity index is 906. The van der Waals surface area contributed by atoms with E-state index in [1.165, 1.54) is 12.1 Å². The fourth-order valence-electron chi connectivity index (χ4n) is 3.48. The predicted molar refractivity (Wildman–Crippen MR) is 110 cm³/mol. The summed E-state index contributed by atoms with van der Waals surface area (Å²) in [7, 11) is 3.15. The van der Waals surface area contributed by atoms with Gasteiger partial charge in [0, 0.05) is 26.2 Å². The highest BCUT2D eigenvalue weighted by Gasteiger charge is 2.31. The molecule has 1 saturated heterocycles. The fourth-order valence-corrected chi connectivity index (χ4v) is 3.48. The summed E-state index contributed by atoms with van der Waals surface area (Å²) in [5.41, 5.74) is 1.62. The second-order valence-corrected chi connectivity index (χ2v) is 7.08. The number of hydrogen-bond acceptors (Lipinski definition) is 5. The SMILES string of the molecule is COc1ccc(CN2CCNC(=O)[C@@H]2CC(=O)NCc2cccc(F)c2)cc1OC. The van der Waals surface area contributed by atoms with E-state index in [9.17, 15) is 14.0 Å². The Morgan fingerprint density at radius 2 is 1.97 bits per heavy atom. The van der Waals surface area contributed by atoms with Gasteiger partial charge < -0.3 is 20.1 Å². The molecule has 0 bridgehead atoms. The van der Waals surface area contributed by atoms with Crippen LogP contribution in [0.1, 0.15) is 17.5 Å². The predicted octanol–water partition coefficient (Wildman–Crippen LogP) is 1.85. The average molecular weight is 415 g/mol. The first-order valence-corrected chi connectivity index (χ1v) is 9.74. The molecule has 30 heavy (non-hydrogen) atoms. The molecule has 0 radical (unpaired) electrons. The van der Waals surface area contributed by atoms with Crippen LogP contribution in [-0.4, -0.2) is 50.1 Å². The molecule has 0 unspecified atom stereocenters. The third kappa shape index (κ3) is 5.48. The summed E-state index contributed by atoms with van der Waals surface area (Å²) < 4.78 is 23.9. The monoisotopic (exact) mass is 415 g/mol. The Kier molecular flexibility index (Phi) is 7.24. The van der Waals surface area contributed by atoms with Gasteiger partial charge in [0.05, 0.1) is 26.7 Å². The molecule has 8 heteroatoms.